The molecule has 0 saturated carbocycles. The molecule has 0 fully saturated rings. The van der Waals surface area contributed by atoms with Gasteiger partial charge in [0.1, 0.15) is 6.04 Å². The number of carbonyl (C=O) groups excluding carboxylic acids is 2. The first-order valence-electron chi connectivity index (χ1n) is 11.6. The summed E-state index contributed by atoms with van der Waals surface area (Å²) in [7, 11) is 1.71. The number of nitrogens with zero attached hydrogens (tertiary/aromatic N) is 1. The number of hydrogen-bond acceptors (Lipinski definition) is 3. The zero-order chi connectivity index (χ0) is 24.7. The summed E-state index contributed by atoms with van der Waals surface area (Å²) in [6.07, 6.45) is 2.33. The van der Waals surface area contributed by atoms with Gasteiger partial charge in [-0.15, -0.1) is 0 Å². The van der Waals surface area contributed by atoms with E-state index in [1.807, 2.05) is 74.6 Å². The van der Waals surface area contributed by atoms with E-state index in [0.717, 1.165) is 22.0 Å². The van der Waals surface area contributed by atoms with Gasteiger partial charge in [0.25, 0.3) is 0 Å². The van der Waals surface area contributed by atoms with Crippen LogP contribution in [-0.2, 0) is 27.3 Å². The first-order chi connectivity index (χ1) is 16.2. The molecule has 3 N–H and O–H groups in total. The molecule has 2 amide bonds. The van der Waals surface area contributed by atoms with E-state index in [9.17, 15) is 19.5 Å². The number of hydrogen-bond donors (Lipinski definition) is 3. The minimum Gasteiger partial charge on any atom is -0.481 e. The highest BCUT2D eigenvalue weighted by atomic mass is 16.4. The fourth-order valence-corrected chi connectivity index (χ4v) is 4.27. The van der Waals surface area contributed by atoms with Gasteiger partial charge in [0.2, 0.25) is 11.8 Å². The van der Waals surface area contributed by atoms with Crippen LogP contribution in [0.3, 0.4) is 0 Å². The third-order valence-electron chi connectivity index (χ3n) is 5.90. The van der Waals surface area contributed by atoms with E-state index in [4.69, 9.17) is 0 Å². The summed E-state index contributed by atoms with van der Waals surface area (Å²) in [5, 5.41) is 13.2. The van der Waals surface area contributed by atoms with Crippen molar-refractivity contribution in [1.82, 2.24) is 15.2 Å². The van der Waals surface area contributed by atoms with Gasteiger partial charge < -0.3 is 20.3 Å². The molecule has 0 radical (unpaired) electrons. The number of carbonyl (C=O) groups is 3. The molecule has 7 heteroatoms. The fraction of sp³-hybridized carbons (Fsp3) is 0.370. The normalized spacial score (nSPS) is 12.9. The first kappa shape index (κ1) is 25.0. The predicted molar refractivity (Wildman–Crippen MR) is 132 cm³/mol. The summed E-state index contributed by atoms with van der Waals surface area (Å²) in [4.78, 5) is 42.8. The minimum absolute atomic E-state index is 0.152. The van der Waals surface area contributed by atoms with Crippen molar-refractivity contribution in [3.8, 4) is 0 Å². The van der Waals surface area contributed by atoms with E-state index >= 15 is 0 Å². The van der Waals surface area contributed by atoms with Gasteiger partial charge in [-0.05, 0) is 29.5 Å². The van der Waals surface area contributed by atoms with Crippen molar-refractivity contribution in [2.75, 3.05) is 7.05 Å². The molecule has 0 aliphatic carbocycles. The Morgan fingerprint density at radius 2 is 1.71 bits per heavy atom. The number of aliphatic carboxylic acids is 1. The summed E-state index contributed by atoms with van der Waals surface area (Å²) in [6.45, 7) is 4.30. The van der Waals surface area contributed by atoms with Gasteiger partial charge in [0, 0.05) is 43.0 Å². The molecule has 0 aliphatic rings. The molecule has 7 nitrogen and oxygen atoms in total. The molecule has 34 heavy (non-hydrogen) atoms. The number of nitrogens with one attached hydrogen (secondary N) is 2. The summed E-state index contributed by atoms with van der Waals surface area (Å²) in [5.41, 5.74) is 2.86. The smallest absolute Gasteiger partial charge is 0.304 e. The van der Waals surface area contributed by atoms with Crippen LogP contribution in [-0.4, -0.2) is 45.9 Å². The lowest BCUT2D eigenvalue weighted by Gasteiger charge is -2.27. The Kier molecular flexibility index (Phi) is 8.46. The van der Waals surface area contributed by atoms with Crippen LogP contribution < -0.4 is 5.32 Å². The van der Waals surface area contributed by atoms with Crippen molar-refractivity contribution in [2.24, 2.45) is 11.8 Å². The summed E-state index contributed by atoms with van der Waals surface area (Å²) in [6, 6.07) is 16.6. The van der Waals surface area contributed by atoms with Crippen LogP contribution in [0.2, 0.25) is 0 Å². The molecule has 0 saturated heterocycles. The highest BCUT2D eigenvalue weighted by molar-refractivity contribution is 5.91. The third-order valence-corrected chi connectivity index (χ3v) is 5.90. The number of amides is 2. The van der Waals surface area contributed by atoms with Crippen molar-refractivity contribution in [2.45, 2.75) is 45.7 Å². The molecule has 1 heterocycles. The molecule has 0 aliphatic heterocycles. The maximum Gasteiger partial charge on any atom is 0.304 e. The number of benzene rings is 2. The molecule has 180 valence electrons. The van der Waals surface area contributed by atoms with Crippen LogP contribution >= 0.6 is 0 Å². The number of aromatic amines is 1. The van der Waals surface area contributed by atoms with E-state index in [-0.39, 0.29) is 18.2 Å². The van der Waals surface area contributed by atoms with Gasteiger partial charge in [-0.1, -0.05) is 62.4 Å². The Hall–Kier alpha value is -3.61. The Bertz CT molecular complexity index is 1120. The van der Waals surface area contributed by atoms with Crippen molar-refractivity contribution >= 4 is 28.7 Å². The minimum atomic E-state index is -1.03. The molecular weight excluding hydrogens is 430 g/mol. The van der Waals surface area contributed by atoms with Crippen LogP contribution in [0, 0.1) is 11.8 Å². The molecule has 3 rings (SSSR count). The van der Waals surface area contributed by atoms with E-state index in [2.05, 4.69) is 10.3 Å². The molecule has 0 bridgehead atoms. The van der Waals surface area contributed by atoms with Crippen LogP contribution in [0.15, 0.2) is 60.8 Å². The Balaban J connectivity index is 1.84. The quantitative estimate of drug-likeness (QED) is 0.400. The topological polar surface area (TPSA) is 102 Å². The highest BCUT2D eigenvalue weighted by Gasteiger charge is 2.30. The Morgan fingerprint density at radius 1 is 1.03 bits per heavy atom. The van der Waals surface area contributed by atoms with Gasteiger partial charge in [-0.2, -0.15) is 0 Å². The van der Waals surface area contributed by atoms with Crippen molar-refractivity contribution in [3.05, 3.63) is 71.9 Å². The number of carboxylic acids is 1. The Morgan fingerprint density at radius 3 is 2.38 bits per heavy atom. The van der Waals surface area contributed by atoms with Gasteiger partial charge in [-0.3, -0.25) is 14.4 Å². The lowest BCUT2D eigenvalue weighted by atomic mass is 9.92. The largest absolute Gasteiger partial charge is 0.481 e. The van der Waals surface area contributed by atoms with Crippen molar-refractivity contribution < 1.29 is 19.5 Å². The average molecular weight is 464 g/mol. The standard InChI is InChI=1S/C27H33N3O4/c1-18(2)13-20(15-25(31)32)26(33)29-24(14-21-16-28-23-12-8-7-11-22(21)23)27(34)30(3)17-19-9-5-4-6-10-19/h4-12,16,18,20,24,28H,13-15,17H2,1-3H3,(H,29,33)(H,31,32)/t20-,24+/m1/s1. The van der Waals surface area contributed by atoms with Crippen LogP contribution in [0.1, 0.15) is 37.8 Å². The average Bonchev–Trinajstić information content (AvgIpc) is 3.20. The Labute approximate surface area is 200 Å². The number of aromatic nitrogens is 1. The van der Waals surface area contributed by atoms with E-state index < -0.39 is 23.8 Å². The number of likely N-dealkylation sites (N-methyl/N-ethyl adjacent to an activating group) is 1. The molecule has 2 atom stereocenters. The number of para-hydroxylation sites is 1. The predicted octanol–water partition coefficient (Wildman–Crippen LogP) is 3.99. The van der Waals surface area contributed by atoms with Crippen LogP contribution in [0.25, 0.3) is 10.9 Å². The van der Waals surface area contributed by atoms with Gasteiger partial charge >= 0.3 is 5.97 Å². The number of rotatable bonds is 11. The molecular formula is C27H33N3O4. The zero-order valence-electron chi connectivity index (χ0n) is 20.0. The van der Waals surface area contributed by atoms with Crippen molar-refractivity contribution in [1.29, 1.82) is 0 Å². The summed E-state index contributed by atoms with van der Waals surface area (Å²) in [5.74, 6) is -2.20. The van der Waals surface area contributed by atoms with Crippen LogP contribution in [0.4, 0.5) is 0 Å². The second kappa shape index (κ2) is 11.5. The monoisotopic (exact) mass is 463 g/mol. The molecule has 2 aromatic carbocycles. The number of H-pyrrole nitrogens is 1. The number of carboxylic acid groups (broad SMARTS) is 1. The summed E-state index contributed by atoms with van der Waals surface area (Å²) >= 11 is 0. The highest BCUT2D eigenvalue weighted by Crippen LogP contribution is 2.21. The van der Waals surface area contributed by atoms with E-state index in [0.29, 0.717) is 19.4 Å². The molecule has 0 unspecified atom stereocenters. The number of fused-ring (bicyclic) bond motifs is 1. The van der Waals surface area contributed by atoms with E-state index in [1.54, 1.807) is 11.9 Å². The SMILES string of the molecule is CC(C)C[C@H](CC(=O)O)C(=O)N[C@@H](Cc1c[nH]c2ccccc12)C(=O)N(C)Cc1ccccc1. The van der Waals surface area contributed by atoms with Gasteiger partial charge in [-0.25, -0.2) is 0 Å². The second-order valence-electron chi connectivity index (χ2n) is 9.23. The second-order valence-corrected chi connectivity index (χ2v) is 9.23. The maximum atomic E-state index is 13.5. The third kappa shape index (κ3) is 6.70. The van der Waals surface area contributed by atoms with E-state index in [1.165, 1.54) is 0 Å². The fourth-order valence-electron chi connectivity index (χ4n) is 4.27. The molecule has 1 aromatic heterocycles. The van der Waals surface area contributed by atoms with Crippen LogP contribution in [0.5, 0.6) is 0 Å². The molecule has 0 spiro atoms. The zero-order valence-corrected chi connectivity index (χ0v) is 20.0. The first-order valence-corrected chi connectivity index (χ1v) is 11.6. The lowest BCUT2D eigenvalue weighted by Crippen LogP contribution is -2.50. The van der Waals surface area contributed by atoms with Gasteiger partial charge in [0.15, 0.2) is 0 Å². The lowest BCUT2D eigenvalue weighted by molar-refractivity contribution is -0.142. The van der Waals surface area contributed by atoms with Gasteiger partial charge in [0.05, 0.1) is 6.42 Å². The molecule has 3 aromatic rings. The maximum absolute atomic E-state index is 13.5. The van der Waals surface area contributed by atoms with Crippen molar-refractivity contribution in [3.63, 3.8) is 0 Å². The summed E-state index contributed by atoms with van der Waals surface area (Å²) < 4.78 is 0.